The van der Waals surface area contributed by atoms with Crippen LogP contribution in [0.2, 0.25) is 0 Å². The molecule has 0 spiro atoms. The van der Waals surface area contributed by atoms with Crippen LogP contribution in [-0.2, 0) is 10.2 Å². The Labute approximate surface area is 109 Å². The molecule has 1 aromatic rings. The molecule has 0 saturated heterocycles. The van der Waals surface area contributed by atoms with Crippen molar-refractivity contribution in [2.45, 2.75) is 23.1 Å². The van der Waals surface area contributed by atoms with Crippen LogP contribution in [-0.4, -0.2) is 28.4 Å². The summed E-state index contributed by atoms with van der Waals surface area (Å²) < 4.78 is 5.29. The molecule has 0 amide bonds. The van der Waals surface area contributed by atoms with Gasteiger partial charge in [0.15, 0.2) is 0 Å². The van der Waals surface area contributed by atoms with Crippen molar-refractivity contribution in [3.8, 4) is 5.75 Å². The molecule has 2 rings (SSSR count). The SMILES string of the molecule is CCOc1ccc(C2(C(=O)O)C(Cl)C2Cl)cc1. The molecule has 2 unspecified atom stereocenters. The van der Waals surface area contributed by atoms with Gasteiger partial charge in [-0.15, -0.1) is 23.2 Å². The Bertz CT molecular complexity index is 422. The van der Waals surface area contributed by atoms with Gasteiger partial charge in [0.1, 0.15) is 11.2 Å². The molecule has 0 radical (unpaired) electrons. The van der Waals surface area contributed by atoms with Crippen molar-refractivity contribution in [3.05, 3.63) is 29.8 Å². The smallest absolute Gasteiger partial charge is 0.317 e. The molecular formula is C12H12Cl2O3. The lowest BCUT2D eigenvalue weighted by molar-refractivity contribution is -0.139. The second kappa shape index (κ2) is 4.39. The highest BCUT2D eigenvalue weighted by Gasteiger charge is 2.70. The predicted molar refractivity (Wildman–Crippen MR) is 66.2 cm³/mol. The van der Waals surface area contributed by atoms with Crippen LogP contribution in [0.3, 0.4) is 0 Å². The molecule has 1 N–H and O–H groups in total. The van der Waals surface area contributed by atoms with Crippen LogP contribution in [0.25, 0.3) is 0 Å². The van der Waals surface area contributed by atoms with Gasteiger partial charge in [-0.3, -0.25) is 4.79 Å². The quantitative estimate of drug-likeness (QED) is 0.859. The van der Waals surface area contributed by atoms with Gasteiger partial charge in [-0.05, 0) is 24.6 Å². The predicted octanol–water partition coefficient (Wildman–Crippen LogP) is 2.64. The van der Waals surface area contributed by atoms with Crippen LogP contribution in [0.5, 0.6) is 5.75 Å². The molecule has 0 heterocycles. The summed E-state index contributed by atoms with van der Waals surface area (Å²) in [6.07, 6.45) is 0. The molecule has 1 aliphatic rings. The van der Waals surface area contributed by atoms with Crippen molar-refractivity contribution in [2.24, 2.45) is 0 Å². The molecule has 3 nitrogen and oxygen atoms in total. The van der Waals surface area contributed by atoms with Crippen molar-refractivity contribution in [1.82, 2.24) is 0 Å². The highest BCUT2D eigenvalue weighted by atomic mass is 35.5. The zero-order valence-electron chi connectivity index (χ0n) is 9.19. The maximum Gasteiger partial charge on any atom is 0.317 e. The third-order valence-corrected chi connectivity index (χ3v) is 4.34. The third-order valence-electron chi connectivity index (χ3n) is 3.01. The summed E-state index contributed by atoms with van der Waals surface area (Å²) >= 11 is 11.9. The first-order valence-corrected chi connectivity index (χ1v) is 6.17. The second-order valence-electron chi connectivity index (χ2n) is 3.94. The molecule has 2 atom stereocenters. The number of hydrogen-bond donors (Lipinski definition) is 1. The largest absolute Gasteiger partial charge is 0.494 e. The number of benzene rings is 1. The van der Waals surface area contributed by atoms with Gasteiger partial charge in [-0.25, -0.2) is 0 Å². The Hall–Kier alpha value is -0.930. The Kier molecular flexibility index (Phi) is 3.23. The van der Waals surface area contributed by atoms with Crippen molar-refractivity contribution in [2.75, 3.05) is 6.61 Å². The van der Waals surface area contributed by atoms with Gasteiger partial charge in [-0.1, -0.05) is 12.1 Å². The van der Waals surface area contributed by atoms with Crippen LogP contribution in [0, 0.1) is 0 Å². The summed E-state index contributed by atoms with van der Waals surface area (Å²) in [6, 6.07) is 6.87. The second-order valence-corrected chi connectivity index (χ2v) is 4.88. The number of rotatable bonds is 4. The average Bonchev–Trinajstić information content (AvgIpc) is 2.85. The minimum absolute atomic E-state index is 0.569. The van der Waals surface area contributed by atoms with E-state index in [9.17, 15) is 9.90 Å². The summed E-state index contributed by atoms with van der Waals surface area (Å²) in [5.41, 5.74) is -0.540. The number of hydrogen-bond acceptors (Lipinski definition) is 2. The lowest BCUT2D eigenvalue weighted by Gasteiger charge is -2.12. The number of halogens is 2. The van der Waals surface area contributed by atoms with E-state index in [0.29, 0.717) is 17.9 Å². The summed E-state index contributed by atoms with van der Waals surface area (Å²) in [5, 5.41) is 8.13. The van der Waals surface area contributed by atoms with Gasteiger partial charge >= 0.3 is 5.97 Å². The zero-order valence-corrected chi connectivity index (χ0v) is 10.7. The lowest BCUT2D eigenvalue weighted by atomic mass is 9.96. The van der Waals surface area contributed by atoms with Crippen molar-refractivity contribution < 1.29 is 14.6 Å². The highest BCUT2D eigenvalue weighted by molar-refractivity contribution is 6.39. The number of carboxylic acid groups (broad SMARTS) is 1. The summed E-state index contributed by atoms with van der Waals surface area (Å²) in [4.78, 5) is 11.3. The maximum absolute atomic E-state index is 11.3. The molecular weight excluding hydrogens is 263 g/mol. The first-order valence-electron chi connectivity index (χ1n) is 5.30. The first-order chi connectivity index (χ1) is 8.05. The van der Waals surface area contributed by atoms with E-state index in [1.807, 2.05) is 6.92 Å². The van der Waals surface area contributed by atoms with E-state index >= 15 is 0 Å². The van der Waals surface area contributed by atoms with E-state index in [1.54, 1.807) is 24.3 Å². The Morgan fingerprint density at radius 2 is 1.88 bits per heavy atom. The minimum atomic E-state index is -1.16. The Balaban J connectivity index is 2.31. The maximum atomic E-state index is 11.3. The van der Waals surface area contributed by atoms with E-state index in [2.05, 4.69) is 0 Å². The highest BCUT2D eigenvalue weighted by Crippen LogP contribution is 2.56. The molecule has 1 saturated carbocycles. The molecule has 92 valence electrons. The first kappa shape index (κ1) is 12.5. The topological polar surface area (TPSA) is 46.5 Å². The third kappa shape index (κ3) is 1.78. The Morgan fingerprint density at radius 3 is 2.24 bits per heavy atom. The fraction of sp³-hybridized carbons (Fsp3) is 0.417. The fourth-order valence-electron chi connectivity index (χ4n) is 1.98. The molecule has 0 bridgehead atoms. The van der Waals surface area contributed by atoms with Gasteiger partial charge < -0.3 is 9.84 Å². The normalized spacial score (nSPS) is 31.0. The van der Waals surface area contributed by atoms with E-state index in [-0.39, 0.29) is 0 Å². The molecule has 17 heavy (non-hydrogen) atoms. The van der Waals surface area contributed by atoms with Gasteiger partial charge in [0, 0.05) is 0 Å². The summed E-state index contributed by atoms with van der Waals surface area (Å²) in [7, 11) is 0. The number of ether oxygens (including phenoxy) is 1. The molecule has 1 fully saturated rings. The van der Waals surface area contributed by atoms with Crippen LogP contribution < -0.4 is 4.74 Å². The Morgan fingerprint density at radius 1 is 1.35 bits per heavy atom. The number of carboxylic acids is 1. The number of alkyl halides is 2. The zero-order chi connectivity index (χ0) is 12.6. The lowest BCUT2D eigenvalue weighted by Crippen LogP contribution is -2.24. The molecule has 1 aromatic carbocycles. The van der Waals surface area contributed by atoms with E-state index < -0.39 is 22.1 Å². The van der Waals surface area contributed by atoms with Crippen LogP contribution >= 0.6 is 23.2 Å². The van der Waals surface area contributed by atoms with Crippen LogP contribution in [0.15, 0.2) is 24.3 Å². The molecule has 0 aromatic heterocycles. The van der Waals surface area contributed by atoms with Gasteiger partial charge in [0.25, 0.3) is 0 Å². The van der Waals surface area contributed by atoms with E-state index in [4.69, 9.17) is 27.9 Å². The molecule has 5 heteroatoms. The van der Waals surface area contributed by atoms with E-state index in [0.717, 1.165) is 0 Å². The van der Waals surface area contributed by atoms with Crippen molar-refractivity contribution >= 4 is 29.2 Å². The van der Waals surface area contributed by atoms with Gasteiger partial charge in [0.05, 0.1) is 17.4 Å². The number of aliphatic carboxylic acids is 1. The van der Waals surface area contributed by atoms with Crippen molar-refractivity contribution in [1.29, 1.82) is 0 Å². The number of carbonyl (C=O) groups is 1. The monoisotopic (exact) mass is 274 g/mol. The summed E-state index contributed by atoms with van der Waals surface area (Å²) in [6.45, 7) is 2.46. The van der Waals surface area contributed by atoms with Gasteiger partial charge in [-0.2, -0.15) is 0 Å². The summed E-state index contributed by atoms with van der Waals surface area (Å²) in [5.74, 6) is -0.281. The molecule has 0 aliphatic heterocycles. The van der Waals surface area contributed by atoms with Crippen LogP contribution in [0.1, 0.15) is 12.5 Å². The molecule has 1 aliphatic carbocycles. The minimum Gasteiger partial charge on any atom is -0.494 e. The van der Waals surface area contributed by atoms with E-state index in [1.165, 1.54) is 0 Å². The fourth-order valence-corrected chi connectivity index (χ4v) is 3.00. The van der Waals surface area contributed by atoms with Gasteiger partial charge in [0.2, 0.25) is 0 Å². The standard InChI is InChI=1S/C12H12Cl2O3/c1-2-17-8-5-3-7(4-6-8)12(11(15)16)9(13)10(12)14/h3-6,9-10H,2H2,1H3,(H,15,16). The van der Waals surface area contributed by atoms with Crippen molar-refractivity contribution in [3.63, 3.8) is 0 Å². The van der Waals surface area contributed by atoms with Crippen LogP contribution in [0.4, 0.5) is 0 Å². The average molecular weight is 275 g/mol.